The minimum Gasteiger partial charge on any atom is -0.448 e. The molecule has 0 amide bonds. The number of nitrogens with two attached hydrogens (primary N) is 1. The van der Waals surface area contributed by atoms with Crippen LogP contribution in [0.25, 0.3) is 0 Å². The zero-order valence-electron chi connectivity index (χ0n) is 8.71. The molecule has 2 rings (SSSR count). The Hall–Kier alpha value is -1.32. The number of furan rings is 1. The topological polar surface area (TPSA) is 39.2 Å². The van der Waals surface area contributed by atoms with Crippen molar-refractivity contribution in [1.29, 1.82) is 0 Å². The van der Waals surface area contributed by atoms with E-state index in [4.69, 9.17) is 21.8 Å². The van der Waals surface area contributed by atoms with Gasteiger partial charge < -0.3 is 10.2 Å². The second-order valence-corrected chi connectivity index (χ2v) is 4.02. The second kappa shape index (κ2) is 4.28. The fourth-order valence-corrected chi connectivity index (χ4v) is 1.70. The largest absolute Gasteiger partial charge is 0.448 e. The summed E-state index contributed by atoms with van der Waals surface area (Å²) in [6.07, 6.45) is 0. The highest BCUT2D eigenvalue weighted by molar-refractivity contribution is 6.28. The van der Waals surface area contributed by atoms with E-state index in [1.807, 2.05) is 6.92 Å². The Morgan fingerprint density at radius 2 is 2.06 bits per heavy atom. The van der Waals surface area contributed by atoms with Gasteiger partial charge in [0.05, 0.1) is 6.04 Å². The molecule has 2 N–H and O–H groups in total. The number of halogens is 2. The van der Waals surface area contributed by atoms with Crippen LogP contribution in [0, 0.1) is 12.7 Å². The van der Waals surface area contributed by atoms with Crippen LogP contribution in [0.1, 0.15) is 22.9 Å². The predicted octanol–water partition coefficient (Wildman–Crippen LogP) is 3.43. The summed E-state index contributed by atoms with van der Waals surface area (Å²) in [5.74, 6) is 0.111. The molecule has 0 fully saturated rings. The molecule has 0 aliphatic carbocycles. The van der Waals surface area contributed by atoms with Crippen molar-refractivity contribution in [2.45, 2.75) is 13.0 Å². The number of hydrogen-bond acceptors (Lipinski definition) is 2. The summed E-state index contributed by atoms with van der Waals surface area (Å²) >= 11 is 5.65. The molecule has 2 nitrogen and oxygen atoms in total. The van der Waals surface area contributed by atoms with Crippen molar-refractivity contribution < 1.29 is 8.81 Å². The molecule has 4 heteroatoms. The van der Waals surface area contributed by atoms with E-state index in [2.05, 4.69) is 0 Å². The molecule has 84 valence electrons. The Balaban J connectivity index is 2.40. The standard InChI is InChI=1S/C12H11ClFNO/c1-7-2-3-9(14)8(6-7)12(15)10-4-5-11(13)16-10/h2-6,12H,15H2,1H3. The molecule has 16 heavy (non-hydrogen) atoms. The summed E-state index contributed by atoms with van der Waals surface area (Å²) in [4.78, 5) is 0. The van der Waals surface area contributed by atoms with Gasteiger partial charge in [-0.2, -0.15) is 0 Å². The third-order valence-corrected chi connectivity index (χ3v) is 2.59. The monoisotopic (exact) mass is 239 g/mol. The van der Waals surface area contributed by atoms with Crippen molar-refractivity contribution in [1.82, 2.24) is 0 Å². The third-order valence-electron chi connectivity index (χ3n) is 2.39. The highest BCUT2D eigenvalue weighted by atomic mass is 35.5. The van der Waals surface area contributed by atoms with Gasteiger partial charge in [0.2, 0.25) is 0 Å². The van der Waals surface area contributed by atoms with Crippen LogP contribution in [0.4, 0.5) is 4.39 Å². The highest BCUT2D eigenvalue weighted by Gasteiger charge is 2.16. The Bertz CT molecular complexity index is 509. The molecule has 1 atom stereocenters. The molecule has 1 heterocycles. The maximum absolute atomic E-state index is 13.6. The van der Waals surface area contributed by atoms with Gasteiger partial charge in [-0.15, -0.1) is 0 Å². The van der Waals surface area contributed by atoms with Crippen LogP contribution in [-0.4, -0.2) is 0 Å². The summed E-state index contributed by atoms with van der Waals surface area (Å²) in [6.45, 7) is 1.88. The number of aryl methyl sites for hydroxylation is 1. The molecule has 0 saturated heterocycles. The molecule has 2 aromatic rings. The molecule has 0 aliphatic heterocycles. The smallest absolute Gasteiger partial charge is 0.193 e. The summed E-state index contributed by atoms with van der Waals surface area (Å²) < 4.78 is 18.7. The first-order chi connectivity index (χ1) is 7.58. The molecule has 0 spiro atoms. The lowest BCUT2D eigenvalue weighted by Gasteiger charge is -2.11. The van der Waals surface area contributed by atoms with Crippen molar-refractivity contribution in [2.75, 3.05) is 0 Å². The van der Waals surface area contributed by atoms with E-state index in [9.17, 15) is 4.39 Å². The van der Waals surface area contributed by atoms with Gasteiger partial charge in [-0.25, -0.2) is 4.39 Å². The van der Waals surface area contributed by atoms with Crippen molar-refractivity contribution in [3.05, 3.63) is 58.3 Å². The minimum absolute atomic E-state index is 0.249. The second-order valence-electron chi connectivity index (χ2n) is 3.64. The van der Waals surface area contributed by atoms with Crippen LogP contribution in [0.5, 0.6) is 0 Å². The Morgan fingerprint density at radius 1 is 1.31 bits per heavy atom. The summed E-state index contributed by atoms with van der Waals surface area (Å²) in [6, 6.07) is 7.40. The average molecular weight is 240 g/mol. The molecular formula is C12H11ClFNO. The van der Waals surface area contributed by atoms with Gasteiger partial charge in [-0.1, -0.05) is 17.7 Å². The summed E-state index contributed by atoms with van der Waals surface area (Å²) in [5.41, 5.74) is 7.26. The molecule has 1 aromatic heterocycles. The zero-order valence-corrected chi connectivity index (χ0v) is 9.46. The normalized spacial score (nSPS) is 12.8. The molecule has 0 aliphatic rings. The zero-order chi connectivity index (χ0) is 11.7. The lowest BCUT2D eigenvalue weighted by atomic mass is 10.0. The fraction of sp³-hybridized carbons (Fsp3) is 0.167. The van der Waals surface area contributed by atoms with Crippen molar-refractivity contribution >= 4 is 11.6 Å². The molecular weight excluding hydrogens is 229 g/mol. The fourth-order valence-electron chi connectivity index (χ4n) is 1.55. The lowest BCUT2D eigenvalue weighted by molar-refractivity contribution is 0.482. The van der Waals surface area contributed by atoms with E-state index >= 15 is 0 Å². The van der Waals surface area contributed by atoms with Crippen LogP contribution in [0.3, 0.4) is 0 Å². The number of rotatable bonds is 2. The molecule has 0 bridgehead atoms. The first-order valence-corrected chi connectivity index (χ1v) is 5.22. The molecule has 0 radical (unpaired) electrons. The first kappa shape index (κ1) is 11.2. The lowest BCUT2D eigenvalue weighted by Crippen LogP contribution is -2.13. The van der Waals surface area contributed by atoms with Gasteiger partial charge in [0.1, 0.15) is 11.6 Å². The maximum atomic E-state index is 13.6. The average Bonchev–Trinajstić information content (AvgIpc) is 2.67. The van der Waals surface area contributed by atoms with Crippen molar-refractivity contribution in [2.24, 2.45) is 5.73 Å². The van der Waals surface area contributed by atoms with E-state index < -0.39 is 6.04 Å². The van der Waals surface area contributed by atoms with E-state index in [0.29, 0.717) is 11.3 Å². The number of hydrogen-bond donors (Lipinski definition) is 1. The summed E-state index contributed by atoms with van der Waals surface area (Å²) in [5, 5.41) is 0.249. The van der Waals surface area contributed by atoms with Crippen LogP contribution in [-0.2, 0) is 0 Å². The summed E-state index contributed by atoms with van der Waals surface area (Å²) in [7, 11) is 0. The van der Waals surface area contributed by atoms with E-state index in [1.165, 1.54) is 6.07 Å². The molecule has 1 unspecified atom stereocenters. The third kappa shape index (κ3) is 2.10. The maximum Gasteiger partial charge on any atom is 0.193 e. The van der Waals surface area contributed by atoms with E-state index in [-0.39, 0.29) is 11.0 Å². The van der Waals surface area contributed by atoms with Gasteiger partial charge in [0, 0.05) is 5.56 Å². The van der Waals surface area contributed by atoms with Gasteiger partial charge in [-0.3, -0.25) is 0 Å². The van der Waals surface area contributed by atoms with Gasteiger partial charge in [-0.05, 0) is 36.7 Å². The molecule has 1 aromatic carbocycles. The Morgan fingerprint density at radius 3 is 2.69 bits per heavy atom. The van der Waals surface area contributed by atoms with Crippen molar-refractivity contribution in [3.8, 4) is 0 Å². The van der Waals surface area contributed by atoms with Crippen LogP contribution < -0.4 is 5.73 Å². The predicted molar refractivity (Wildman–Crippen MR) is 60.9 cm³/mol. The van der Waals surface area contributed by atoms with Crippen LogP contribution >= 0.6 is 11.6 Å². The van der Waals surface area contributed by atoms with Gasteiger partial charge >= 0.3 is 0 Å². The minimum atomic E-state index is -0.632. The number of benzene rings is 1. The Kier molecular flexibility index (Phi) is 2.99. The van der Waals surface area contributed by atoms with Gasteiger partial charge in [0.15, 0.2) is 5.22 Å². The SMILES string of the molecule is Cc1ccc(F)c(C(N)c2ccc(Cl)o2)c1. The van der Waals surface area contributed by atoms with Gasteiger partial charge in [0.25, 0.3) is 0 Å². The van der Waals surface area contributed by atoms with E-state index in [1.54, 1.807) is 24.3 Å². The first-order valence-electron chi connectivity index (χ1n) is 4.85. The van der Waals surface area contributed by atoms with Crippen LogP contribution in [0.15, 0.2) is 34.7 Å². The highest BCUT2D eigenvalue weighted by Crippen LogP contribution is 2.26. The Labute approximate surface area is 97.8 Å². The van der Waals surface area contributed by atoms with E-state index in [0.717, 1.165) is 5.56 Å². The quantitative estimate of drug-likeness (QED) is 0.872. The van der Waals surface area contributed by atoms with Crippen LogP contribution in [0.2, 0.25) is 5.22 Å². The molecule has 0 saturated carbocycles. The van der Waals surface area contributed by atoms with Crippen molar-refractivity contribution in [3.63, 3.8) is 0 Å².